The van der Waals surface area contributed by atoms with Gasteiger partial charge in [0, 0.05) is 10.9 Å². The molecule has 3 N–H and O–H groups in total. The lowest BCUT2D eigenvalue weighted by atomic mass is 10.0. The second kappa shape index (κ2) is 5.68. The van der Waals surface area contributed by atoms with E-state index in [1.54, 1.807) is 6.07 Å². The van der Waals surface area contributed by atoms with Crippen molar-refractivity contribution in [3.63, 3.8) is 0 Å². The van der Waals surface area contributed by atoms with Gasteiger partial charge in [0.1, 0.15) is 17.2 Å². The second-order valence-corrected chi connectivity index (χ2v) is 5.14. The fourth-order valence-corrected chi connectivity index (χ4v) is 2.62. The Morgan fingerprint density at radius 2 is 1.95 bits per heavy atom. The minimum atomic E-state index is -0.265. The number of hydrogen-bond donors (Lipinski definition) is 2. The van der Waals surface area contributed by atoms with E-state index in [-0.39, 0.29) is 11.9 Å². The number of hydrazine groups is 1. The molecule has 3 rings (SSSR count). The summed E-state index contributed by atoms with van der Waals surface area (Å²) in [5, 5.41) is 0.790. The summed E-state index contributed by atoms with van der Waals surface area (Å²) in [4.78, 5) is 0. The van der Waals surface area contributed by atoms with Crippen LogP contribution in [0.2, 0.25) is 0 Å². The summed E-state index contributed by atoms with van der Waals surface area (Å²) in [5.74, 6) is 6.18. The van der Waals surface area contributed by atoms with Crippen molar-refractivity contribution >= 4 is 11.0 Å². The minimum Gasteiger partial charge on any atom is -0.459 e. The molecule has 0 aliphatic carbocycles. The normalized spacial score (nSPS) is 12.7. The summed E-state index contributed by atoms with van der Waals surface area (Å²) < 4.78 is 19.2. The van der Waals surface area contributed by atoms with Crippen molar-refractivity contribution in [2.45, 2.75) is 19.4 Å². The maximum absolute atomic E-state index is 13.4. The Morgan fingerprint density at radius 1 is 1.19 bits per heavy atom. The Balaban J connectivity index is 1.99. The van der Waals surface area contributed by atoms with Gasteiger partial charge >= 0.3 is 0 Å². The van der Waals surface area contributed by atoms with E-state index in [4.69, 9.17) is 10.3 Å². The van der Waals surface area contributed by atoms with Crippen molar-refractivity contribution in [2.75, 3.05) is 0 Å². The van der Waals surface area contributed by atoms with Gasteiger partial charge in [-0.3, -0.25) is 5.84 Å². The molecule has 0 spiro atoms. The van der Waals surface area contributed by atoms with Gasteiger partial charge in [-0.1, -0.05) is 30.3 Å². The summed E-state index contributed by atoms with van der Waals surface area (Å²) in [6.45, 7) is 1.93. The Bertz CT molecular complexity index is 752. The van der Waals surface area contributed by atoms with Crippen LogP contribution in [0.1, 0.15) is 22.9 Å². The summed E-state index contributed by atoms with van der Waals surface area (Å²) in [7, 11) is 0. The maximum atomic E-state index is 13.4. The van der Waals surface area contributed by atoms with Crippen LogP contribution in [0.15, 0.2) is 52.9 Å². The van der Waals surface area contributed by atoms with Crippen molar-refractivity contribution in [3.8, 4) is 0 Å². The average molecular weight is 284 g/mol. The van der Waals surface area contributed by atoms with Gasteiger partial charge in [-0.05, 0) is 37.1 Å². The van der Waals surface area contributed by atoms with Gasteiger partial charge in [0.15, 0.2) is 0 Å². The van der Waals surface area contributed by atoms with Crippen molar-refractivity contribution in [1.29, 1.82) is 0 Å². The number of furan rings is 1. The van der Waals surface area contributed by atoms with Gasteiger partial charge in [0.05, 0.1) is 6.04 Å². The van der Waals surface area contributed by atoms with Gasteiger partial charge in [0.25, 0.3) is 0 Å². The van der Waals surface area contributed by atoms with Gasteiger partial charge in [-0.2, -0.15) is 0 Å². The molecule has 0 saturated heterocycles. The van der Waals surface area contributed by atoms with E-state index in [9.17, 15) is 4.39 Å². The quantitative estimate of drug-likeness (QED) is 0.568. The van der Waals surface area contributed by atoms with Crippen LogP contribution >= 0.6 is 0 Å². The fraction of sp³-hybridized carbons (Fsp3) is 0.176. The Kier molecular flexibility index (Phi) is 3.73. The van der Waals surface area contributed by atoms with Crippen LogP contribution in [0.5, 0.6) is 0 Å². The molecular formula is C17H17FN2O. The number of fused-ring (bicyclic) bond motifs is 1. The first-order valence-electron chi connectivity index (χ1n) is 6.87. The number of benzene rings is 2. The van der Waals surface area contributed by atoms with E-state index in [0.717, 1.165) is 22.3 Å². The number of nitrogens with two attached hydrogens (primary N) is 1. The molecule has 2 aromatic carbocycles. The van der Waals surface area contributed by atoms with Crippen molar-refractivity contribution < 1.29 is 8.81 Å². The monoisotopic (exact) mass is 284 g/mol. The topological polar surface area (TPSA) is 51.2 Å². The Labute approximate surface area is 122 Å². The molecule has 21 heavy (non-hydrogen) atoms. The molecule has 3 aromatic rings. The first-order chi connectivity index (χ1) is 10.2. The molecule has 0 bridgehead atoms. The highest BCUT2D eigenvalue weighted by Crippen LogP contribution is 2.31. The lowest BCUT2D eigenvalue weighted by molar-refractivity contribution is 0.431. The van der Waals surface area contributed by atoms with E-state index in [2.05, 4.69) is 5.43 Å². The van der Waals surface area contributed by atoms with Crippen LogP contribution < -0.4 is 11.3 Å². The lowest BCUT2D eigenvalue weighted by Gasteiger charge is -2.14. The average Bonchev–Trinajstić information content (AvgIpc) is 2.83. The first kappa shape index (κ1) is 13.8. The third-order valence-electron chi connectivity index (χ3n) is 3.74. The molecule has 0 aliphatic heterocycles. The van der Waals surface area contributed by atoms with Crippen molar-refractivity contribution in [2.24, 2.45) is 5.84 Å². The predicted molar refractivity (Wildman–Crippen MR) is 81.1 cm³/mol. The predicted octanol–water partition coefficient (Wildman–Crippen LogP) is 3.63. The number of nitrogens with one attached hydrogen (secondary N) is 1. The third kappa shape index (κ3) is 2.68. The van der Waals surface area contributed by atoms with Crippen LogP contribution in [0.4, 0.5) is 4.39 Å². The van der Waals surface area contributed by atoms with Gasteiger partial charge in [0.2, 0.25) is 0 Å². The second-order valence-electron chi connectivity index (χ2n) is 5.14. The maximum Gasteiger partial charge on any atom is 0.134 e. The molecule has 1 heterocycles. The zero-order valence-corrected chi connectivity index (χ0v) is 11.8. The summed E-state index contributed by atoms with van der Waals surface area (Å²) in [5.41, 5.74) is 5.55. The van der Waals surface area contributed by atoms with E-state index in [1.807, 2.05) is 37.3 Å². The third-order valence-corrected chi connectivity index (χ3v) is 3.74. The summed E-state index contributed by atoms with van der Waals surface area (Å²) >= 11 is 0. The van der Waals surface area contributed by atoms with Crippen LogP contribution in [0, 0.1) is 12.7 Å². The van der Waals surface area contributed by atoms with E-state index < -0.39 is 0 Å². The minimum absolute atomic E-state index is 0.150. The fourth-order valence-electron chi connectivity index (χ4n) is 2.62. The van der Waals surface area contributed by atoms with Gasteiger partial charge < -0.3 is 4.42 Å². The summed E-state index contributed by atoms with van der Waals surface area (Å²) in [6.07, 6.45) is 0.709. The van der Waals surface area contributed by atoms with E-state index >= 15 is 0 Å². The van der Waals surface area contributed by atoms with E-state index in [0.29, 0.717) is 12.0 Å². The number of rotatable bonds is 4. The molecular weight excluding hydrogens is 267 g/mol. The number of aryl methyl sites for hydroxylation is 1. The molecule has 1 unspecified atom stereocenters. The van der Waals surface area contributed by atoms with E-state index in [1.165, 1.54) is 12.1 Å². The van der Waals surface area contributed by atoms with Crippen LogP contribution in [0.3, 0.4) is 0 Å². The first-order valence-corrected chi connectivity index (χ1v) is 6.87. The highest BCUT2D eigenvalue weighted by molar-refractivity contribution is 5.82. The molecule has 0 saturated carbocycles. The lowest BCUT2D eigenvalue weighted by Crippen LogP contribution is -2.29. The molecule has 0 fully saturated rings. The highest BCUT2D eigenvalue weighted by atomic mass is 19.1. The van der Waals surface area contributed by atoms with Crippen LogP contribution in [-0.4, -0.2) is 0 Å². The molecule has 4 heteroatoms. The smallest absolute Gasteiger partial charge is 0.134 e. The van der Waals surface area contributed by atoms with Crippen molar-refractivity contribution in [1.82, 2.24) is 5.43 Å². The van der Waals surface area contributed by atoms with Gasteiger partial charge in [-0.15, -0.1) is 0 Å². The molecule has 108 valence electrons. The molecule has 3 nitrogen and oxygen atoms in total. The highest BCUT2D eigenvalue weighted by Gasteiger charge is 2.20. The number of halogens is 1. The molecule has 0 amide bonds. The van der Waals surface area contributed by atoms with Crippen LogP contribution in [-0.2, 0) is 6.42 Å². The molecule has 0 aliphatic rings. The Hall–Kier alpha value is -2.17. The summed E-state index contributed by atoms with van der Waals surface area (Å²) in [6, 6.07) is 14.4. The van der Waals surface area contributed by atoms with Crippen molar-refractivity contribution in [3.05, 3.63) is 71.2 Å². The standard InChI is InChI=1S/C17H17FN2O/c1-11-14-10-13(18)7-8-16(14)21-17(11)15(20-19)9-12-5-3-2-4-6-12/h2-8,10,15,20H,9,19H2,1H3. The zero-order valence-electron chi connectivity index (χ0n) is 11.8. The number of hydrogen-bond acceptors (Lipinski definition) is 3. The SMILES string of the molecule is Cc1c(C(Cc2ccccc2)NN)oc2ccc(F)cc12. The van der Waals surface area contributed by atoms with Crippen LogP contribution in [0.25, 0.3) is 11.0 Å². The van der Waals surface area contributed by atoms with Gasteiger partial charge in [-0.25, -0.2) is 9.82 Å². The molecule has 0 radical (unpaired) electrons. The Morgan fingerprint density at radius 3 is 2.67 bits per heavy atom. The zero-order chi connectivity index (χ0) is 14.8. The molecule has 1 aromatic heterocycles. The molecule has 1 atom stereocenters. The largest absolute Gasteiger partial charge is 0.459 e.